The van der Waals surface area contributed by atoms with Crippen LogP contribution in [0.1, 0.15) is 30.1 Å². The van der Waals surface area contributed by atoms with Crippen LogP contribution in [0.25, 0.3) is 0 Å². The second-order valence-electron chi connectivity index (χ2n) is 5.41. The van der Waals surface area contributed by atoms with Gasteiger partial charge in [-0.15, -0.1) is 0 Å². The lowest BCUT2D eigenvalue weighted by molar-refractivity contribution is -0.117. The molecule has 1 aliphatic heterocycles. The summed E-state index contributed by atoms with van der Waals surface area (Å²) in [5, 5.41) is 2.87. The number of ether oxygens (including phenoxy) is 1. The Morgan fingerprint density at radius 1 is 1.29 bits per heavy atom. The molecule has 0 spiro atoms. The van der Waals surface area contributed by atoms with E-state index in [2.05, 4.69) is 10.3 Å². The maximum Gasteiger partial charge on any atom is 0.261 e. The number of anilines is 2. The molecule has 0 bridgehead atoms. The van der Waals surface area contributed by atoms with E-state index in [1.807, 2.05) is 25.1 Å². The van der Waals surface area contributed by atoms with Gasteiger partial charge in [-0.05, 0) is 37.6 Å². The van der Waals surface area contributed by atoms with Crippen LogP contribution in [0.5, 0.6) is 5.88 Å². The zero-order valence-corrected chi connectivity index (χ0v) is 13.5. The molecule has 1 aromatic carbocycles. The number of benzene rings is 1. The summed E-state index contributed by atoms with van der Waals surface area (Å²) in [5.74, 6) is 0.0611. The third-order valence-electron chi connectivity index (χ3n) is 3.81. The van der Waals surface area contributed by atoms with E-state index >= 15 is 0 Å². The Morgan fingerprint density at radius 2 is 2.12 bits per heavy atom. The lowest BCUT2D eigenvalue weighted by atomic mass is 10.2. The first-order valence-electron chi connectivity index (χ1n) is 7.99. The molecule has 0 radical (unpaired) electrons. The zero-order chi connectivity index (χ0) is 16.9. The summed E-state index contributed by atoms with van der Waals surface area (Å²) in [6, 6.07) is 10.7. The minimum absolute atomic E-state index is 0.0769. The van der Waals surface area contributed by atoms with Crippen LogP contribution in [0.15, 0.2) is 42.6 Å². The van der Waals surface area contributed by atoms with Crippen molar-refractivity contribution in [3.05, 3.63) is 48.2 Å². The van der Waals surface area contributed by atoms with Crippen LogP contribution in [-0.2, 0) is 4.79 Å². The quantitative estimate of drug-likeness (QED) is 0.917. The molecule has 0 atom stereocenters. The highest BCUT2D eigenvalue weighted by atomic mass is 16.5. The highest BCUT2D eigenvalue weighted by Gasteiger charge is 2.24. The Kier molecular flexibility index (Phi) is 4.74. The lowest BCUT2D eigenvalue weighted by Crippen LogP contribution is -2.25. The molecule has 6 nitrogen and oxygen atoms in total. The summed E-state index contributed by atoms with van der Waals surface area (Å²) in [7, 11) is 0. The van der Waals surface area contributed by atoms with E-state index in [0.29, 0.717) is 36.7 Å². The number of rotatable bonds is 5. The predicted octanol–water partition coefficient (Wildman–Crippen LogP) is 2.86. The van der Waals surface area contributed by atoms with Crippen molar-refractivity contribution in [2.24, 2.45) is 0 Å². The molecule has 2 heterocycles. The molecule has 124 valence electrons. The van der Waals surface area contributed by atoms with E-state index < -0.39 is 0 Å². The lowest BCUT2D eigenvalue weighted by Gasteiger charge is -2.20. The number of hydrogen-bond donors (Lipinski definition) is 1. The Morgan fingerprint density at radius 3 is 2.88 bits per heavy atom. The Labute approximate surface area is 140 Å². The molecule has 1 aliphatic rings. The fourth-order valence-electron chi connectivity index (χ4n) is 2.72. The van der Waals surface area contributed by atoms with Crippen molar-refractivity contribution >= 4 is 23.2 Å². The first-order valence-corrected chi connectivity index (χ1v) is 7.99. The van der Waals surface area contributed by atoms with Gasteiger partial charge in [0.2, 0.25) is 11.8 Å². The first-order chi connectivity index (χ1) is 11.7. The second-order valence-corrected chi connectivity index (χ2v) is 5.41. The molecule has 24 heavy (non-hydrogen) atoms. The van der Waals surface area contributed by atoms with Crippen LogP contribution in [0.4, 0.5) is 11.4 Å². The third kappa shape index (κ3) is 3.22. The fraction of sp³-hybridized carbons (Fsp3) is 0.278. The number of nitrogens with one attached hydrogen (secondary N) is 1. The number of para-hydroxylation sites is 2. The number of amides is 2. The maximum atomic E-state index is 12.6. The van der Waals surface area contributed by atoms with Gasteiger partial charge in [0.25, 0.3) is 5.91 Å². The number of carbonyl (C=O) groups excluding carboxylic acids is 2. The van der Waals surface area contributed by atoms with Crippen LogP contribution in [0.3, 0.4) is 0 Å². The van der Waals surface area contributed by atoms with E-state index in [-0.39, 0.29) is 11.8 Å². The van der Waals surface area contributed by atoms with E-state index in [9.17, 15) is 9.59 Å². The normalized spacial score (nSPS) is 13.9. The predicted molar refractivity (Wildman–Crippen MR) is 91.4 cm³/mol. The second kappa shape index (κ2) is 7.12. The molecule has 6 heteroatoms. The van der Waals surface area contributed by atoms with Gasteiger partial charge >= 0.3 is 0 Å². The molecule has 1 N–H and O–H groups in total. The van der Waals surface area contributed by atoms with E-state index in [4.69, 9.17) is 4.74 Å². The number of pyridine rings is 1. The zero-order valence-electron chi connectivity index (χ0n) is 13.5. The molecule has 0 unspecified atom stereocenters. The van der Waals surface area contributed by atoms with Gasteiger partial charge in [-0.25, -0.2) is 4.98 Å². The Balaban J connectivity index is 1.87. The number of aromatic nitrogens is 1. The average molecular weight is 325 g/mol. The third-order valence-corrected chi connectivity index (χ3v) is 3.81. The largest absolute Gasteiger partial charge is 0.477 e. The van der Waals surface area contributed by atoms with Crippen LogP contribution < -0.4 is 15.0 Å². The van der Waals surface area contributed by atoms with Gasteiger partial charge in [-0.1, -0.05) is 12.1 Å². The van der Waals surface area contributed by atoms with Crippen molar-refractivity contribution < 1.29 is 14.3 Å². The van der Waals surface area contributed by atoms with Gasteiger partial charge < -0.3 is 15.0 Å². The van der Waals surface area contributed by atoms with E-state index in [0.717, 1.165) is 12.1 Å². The smallest absolute Gasteiger partial charge is 0.261 e. The SMILES string of the molecule is CCOc1ncccc1C(=O)Nc1ccccc1N1CCCC1=O. The molecule has 1 saturated heterocycles. The van der Waals surface area contributed by atoms with Crippen LogP contribution >= 0.6 is 0 Å². The summed E-state index contributed by atoms with van der Waals surface area (Å²) in [5.41, 5.74) is 1.68. The van der Waals surface area contributed by atoms with Gasteiger partial charge in [-0.3, -0.25) is 9.59 Å². The molecular weight excluding hydrogens is 306 g/mol. The van der Waals surface area contributed by atoms with Gasteiger partial charge in [0.05, 0.1) is 18.0 Å². The molecule has 0 aliphatic carbocycles. The van der Waals surface area contributed by atoms with Crippen LogP contribution in [0, 0.1) is 0 Å². The highest BCUT2D eigenvalue weighted by Crippen LogP contribution is 2.30. The topological polar surface area (TPSA) is 71.5 Å². The summed E-state index contributed by atoms with van der Waals surface area (Å²) in [6.45, 7) is 2.93. The number of hydrogen-bond acceptors (Lipinski definition) is 4. The van der Waals surface area contributed by atoms with Crippen molar-refractivity contribution in [1.29, 1.82) is 0 Å². The highest BCUT2D eigenvalue weighted by molar-refractivity contribution is 6.09. The molecule has 2 aromatic rings. The number of carbonyl (C=O) groups is 2. The van der Waals surface area contributed by atoms with E-state index in [1.165, 1.54) is 0 Å². The van der Waals surface area contributed by atoms with Gasteiger partial charge in [0.1, 0.15) is 5.56 Å². The monoisotopic (exact) mass is 325 g/mol. The Bertz CT molecular complexity index is 761. The van der Waals surface area contributed by atoms with E-state index in [1.54, 1.807) is 29.3 Å². The molecule has 2 amide bonds. The molecule has 1 aromatic heterocycles. The minimum Gasteiger partial charge on any atom is -0.477 e. The van der Waals surface area contributed by atoms with Crippen molar-refractivity contribution in [3.8, 4) is 5.88 Å². The number of nitrogens with zero attached hydrogens (tertiary/aromatic N) is 2. The molecule has 1 fully saturated rings. The molecule has 3 rings (SSSR count). The summed E-state index contributed by atoms with van der Waals surface area (Å²) >= 11 is 0. The van der Waals surface area contributed by atoms with Gasteiger partial charge in [0, 0.05) is 19.2 Å². The molecule has 0 saturated carbocycles. The molecular formula is C18H19N3O3. The summed E-state index contributed by atoms with van der Waals surface area (Å²) in [6.07, 6.45) is 2.95. The van der Waals surface area contributed by atoms with Gasteiger partial charge in [-0.2, -0.15) is 0 Å². The maximum absolute atomic E-state index is 12.6. The van der Waals surface area contributed by atoms with Crippen LogP contribution in [0.2, 0.25) is 0 Å². The average Bonchev–Trinajstić information content (AvgIpc) is 3.02. The Hall–Kier alpha value is -2.89. The van der Waals surface area contributed by atoms with Crippen molar-refractivity contribution in [2.75, 3.05) is 23.4 Å². The standard InChI is InChI=1S/C18H19N3O3/c1-2-24-18-13(7-5-11-19-18)17(23)20-14-8-3-4-9-15(14)21-12-6-10-16(21)22/h3-5,7-9,11H,2,6,10,12H2,1H3,(H,20,23). The van der Waals surface area contributed by atoms with Crippen molar-refractivity contribution in [3.63, 3.8) is 0 Å². The first kappa shape index (κ1) is 16.0. The summed E-state index contributed by atoms with van der Waals surface area (Å²) < 4.78 is 5.41. The summed E-state index contributed by atoms with van der Waals surface area (Å²) in [4.78, 5) is 30.4. The van der Waals surface area contributed by atoms with Crippen molar-refractivity contribution in [1.82, 2.24) is 4.98 Å². The van der Waals surface area contributed by atoms with Gasteiger partial charge in [0.15, 0.2) is 0 Å². The fourth-order valence-corrected chi connectivity index (χ4v) is 2.72. The minimum atomic E-state index is -0.314. The van der Waals surface area contributed by atoms with Crippen molar-refractivity contribution in [2.45, 2.75) is 19.8 Å². The van der Waals surface area contributed by atoms with Crippen LogP contribution in [-0.4, -0.2) is 29.9 Å².